The van der Waals surface area contributed by atoms with Crippen LogP contribution in [0.4, 0.5) is 0 Å². The van der Waals surface area contributed by atoms with Gasteiger partial charge in [0.1, 0.15) is 12.4 Å². The second kappa shape index (κ2) is 6.12. The highest BCUT2D eigenvalue weighted by atomic mass is 79.9. The Kier molecular flexibility index (Phi) is 4.51. The first-order valence-electron chi connectivity index (χ1n) is 5.32. The lowest BCUT2D eigenvalue weighted by molar-refractivity contribution is 0.324. The molecule has 2 N–H and O–H groups in total. The summed E-state index contributed by atoms with van der Waals surface area (Å²) in [4.78, 5) is 12.9. The Labute approximate surface area is 116 Å². The summed E-state index contributed by atoms with van der Waals surface area (Å²) in [7, 11) is 0. The van der Waals surface area contributed by atoms with Crippen molar-refractivity contribution in [3.8, 4) is 5.75 Å². The van der Waals surface area contributed by atoms with E-state index in [4.69, 9.17) is 10.5 Å². The molecule has 0 aliphatic carbocycles. The minimum absolute atomic E-state index is 0.186. The Hall–Kier alpha value is -1.18. The Morgan fingerprint density at radius 1 is 1.50 bits per heavy atom. The zero-order valence-corrected chi connectivity index (χ0v) is 11.9. The predicted octanol–water partition coefficient (Wildman–Crippen LogP) is 1.45. The summed E-state index contributed by atoms with van der Waals surface area (Å²) >= 11 is 4.95. The summed E-state index contributed by atoms with van der Waals surface area (Å²) in [5.74, 6) is 0.453. The summed E-state index contributed by atoms with van der Waals surface area (Å²) in [6.45, 7) is 1.25. The molecule has 0 atom stereocenters. The second-order valence-corrected chi connectivity index (χ2v) is 5.47. The lowest BCUT2D eigenvalue weighted by Crippen LogP contribution is -2.22. The largest absolute Gasteiger partial charge is 0.490 e. The van der Waals surface area contributed by atoms with Gasteiger partial charge in [-0.15, -0.1) is 11.3 Å². The molecule has 0 aliphatic heterocycles. The fourth-order valence-electron chi connectivity index (χ4n) is 1.38. The van der Waals surface area contributed by atoms with Crippen molar-refractivity contribution in [3.05, 3.63) is 43.4 Å². The number of halogens is 1. The van der Waals surface area contributed by atoms with Crippen LogP contribution in [-0.2, 0) is 6.54 Å². The van der Waals surface area contributed by atoms with Gasteiger partial charge in [0, 0.05) is 27.3 Å². The van der Waals surface area contributed by atoms with E-state index in [0.29, 0.717) is 25.4 Å². The van der Waals surface area contributed by atoms with E-state index in [0.717, 1.165) is 9.35 Å². The molecular formula is C11H12BrN3O2S. The quantitative estimate of drug-likeness (QED) is 0.901. The fourth-order valence-corrected chi connectivity index (χ4v) is 2.81. The molecule has 2 aromatic heterocycles. The smallest absolute Gasteiger partial charge is 0.270 e. The average Bonchev–Trinajstić information content (AvgIpc) is 2.75. The summed E-state index contributed by atoms with van der Waals surface area (Å²) in [5.41, 5.74) is 5.13. The van der Waals surface area contributed by atoms with Gasteiger partial charge in [-0.1, -0.05) is 0 Å². The first-order valence-corrected chi connectivity index (χ1v) is 6.99. The van der Waals surface area contributed by atoms with E-state index in [2.05, 4.69) is 21.0 Å². The van der Waals surface area contributed by atoms with Crippen LogP contribution in [0.5, 0.6) is 5.75 Å². The van der Waals surface area contributed by atoms with Crippen LogP contribution in [0.1, 0.15) is 4.88 Å². The third-order valence-electron chi connectivity index (χ3n) is 2.16. The molecule has 0 saturated heterocycles. The molecule has 0 bridgehead atoms. The van der Waals surface area contributed by atoms with Crippen LogP contribution < -0.4 is 16.0 Å². The molecule has 96 valence electrons. The zero-order valence-electron chi connectivity index (χ0n) is 9.51. The summed E-state index contributed by atoms with van der Waals surface area (Å²) < 4.78 is 7.65. The molecule has 0 fully saturated rings. The van der Waals surface area contributed by atoms with Crippen LogP contribution in [0.25, 0.3) is 0 Å². The highest BCUT2D eigenvalue weighted by Gasteiger charge is 2.04. The van der Waals surface area contributed by atoms with Gasteiger partial charge < -0.3 is 10.5 Å². The number of aromatic nitrogens is 2. The van der Waals surface area contributed by atoms with E-state index in [1.807, 2.05) is 11.4 Å². The van der Waals surface area contributed by atoms with Crippen molar-refractivity contribution in [3.63, 3.8) is 0 Å². The maximum atomic E-state index is 11.8. The normalized spacial score (nSPS) is 10.6. The van der Waals surface area contributed by atoms with Gasteiger partial charge in [0.2, 0.25) is 0 Å². The van der Waals surface area contributed by atoms with Crippen molar-refractivity contribution in [1.29, 1.82) is 0 Å². The molecule has 0 amide bonds. The molecule has 18 heavy (non-hydrogen) atoms. The van der Waals surface area contributed by atoms with E-state index in [-0.39, 0.29) is 5.56 Å². The summed E-state index contributed by atoms with van der Waals surface area (Å²) in [6, 6.07) is 3.39. The molecule has 0 saturated carbocycles. The topological polar surface area (TPSA) is 70.1 Å². The molecule has 7 heteroatoms. The van der Waals surface area contributed by atoms with E-state index < -0.39 is 0 Å². The van der Waals surface area contributed by atoms with Crippen molar-refractivity contribution < 1.29 is 4.74 Å². The second-order valence-electron chi connectivity index (χ2n) is 3.56. The van der Waals surface area contributed by atoms with E-state index >= 15 is 0 Å². The number of ether oxygens (including phenoxy) is 1. The molecule has 0 aliphatic rings. The number of thiophene rings is 1. The molecule has 0 unspecified atom stereocenters. The standard InChI is InChI=1S/C11H12BrN3O2S/c12-8-3-10(18-7-8)6-15-11(16)4-9(5-14-15)17-2-1-13/h3-5,7H,1-2,6,13H2. The highest BCUT2D eigenvalue weighted by Crippen LogP contribution is 2.20. The Morgan fingerprint density at radius 3 is 2.94 bits per heavy atom. The van der Waals surface area contributed by atoms with Gasteiger partial charge in [-0.25, -0.2) is 4.68 Å². The fraction of sp³-hybridized carbons (Fsp3) is 0.273. The summed E-state index contributed by atoms with van der Waals surface area (Å²) in [5, 5.41) is 6.04. The van der Waals surface area contributed by atoms with Gasteiger partial charge >= 0.3 is 0 Å². The average molecular weight is 330 g/mol. The van der Waals surface area contributed by atoms with Crippen molar-refractivity contribution in [2.45, 2.75) is 6.54 Å². The number of rotatable bonds is 5. The van der Waals surface area contributed by atoms with Crippen LogP contribution in [0.3, 0.4) is 0 Å². The van der Waals surface area contributed by atoms with E-state index in [1.165, 1.54) is 16.9 Å². The van der Waals surface area contributed by atoms with E-state index in [1.54, 1.807) is 11.3 Å². The van der Waals surface area contributed by atoms with Gasteiger partial charge in [0.15, 0.2) is 0 Å². The van der Waals surface area contributed by atoms with Crippen LogP contribution >= 0.6 is 27.3 Å². The number of nitrogens with zero attached hydrogens (tertiary/aromatic N) is 2. The Bertz CT molecular complexity index is 582. The Morgan fingerprint density at radius 2 is 2.33 bits per heavy atom. The van der Waals surface area contributed by atoms with Gasteiger partial charge in [-0.2, -0.15) is 5.10 Å². The molecule has 0 spiro atoms. The molecule has 0 aromatic carbocycles. The zero-order chi connectivity index (χ0) is 13.0. The van der Waals surface area contributed by atoms with Crippen molar-refractivity contribution >= 4 is 27.3 Å². The van der Waals surface area contributed by atoms with Gasteiger partial charge in [-0.3, -0.25) is 4.79 Å². The minimum atomic E-state index is -0.186. The monoisotopic (exact) mass is 329 g/mol. The number of hydrogen-bond acceptors (Lipinski definition) is 5. The minimum Gasteiger partial charge on any atom is -0.490 e. The Balaban J connectivity index is 2.12. The molecular weight excluding hydrogens is 318 g/mol. The third-order valence-corrected chi connectivity index (χ3v) is 3.84. The van der Waals surface area contributed by atoms with Crippen LogP contribution in [-0.4, -0.2) is 22.9 Å². The lowest BCUT2D eigenvalue weighted by Gasteiger charge is -2.05. The third kappa shape index (κ3) is 3.41. The predicted molar refractivity (Wildman–Crippen MR) is 74.2 cm³/mol. The molecule has 2 heterocycles. The lowest BCUT2D eigenvalue weighted by atomic mass is 10.4. The maximum absolute atomic E-state index is 11.8. The van der Waals surface area contributed by atoms with Crippen molar-refractivity contribution in [2.75, 3.05) is 13.2 Å². The first-order chi connectivity index (χ1) is 8.69. The molecule has 0 radical (unpaired) electrons. The van der Waals surface area contributed by atoms with Gasteiger partial charge in [0.25, 0.3) is 5.56 Å². The van der Waals surface area contributed by atoms with Crippen LogP contribution in [0.2, 0.25) is 0 Å². The number of hydrogen-bond donors (Lipinski definition) is 1. The molecule has 2 rings (SSSR count). The van der Waals surface area contributed by atoms with Crippen molar-refractivity contribution in [2.24, 2.45) is 5.73 Å². The molecule has 5 nitrogen and oxygen atoms in total. The SMILES string of the molecule is NCCOc1cnn(Cc2cc(Br)cs2)c(=O)c1. The van der Waals surface area contributed by atoms with Crippen LogP contribution in [0.15, 0.2) is 33.0 Å². The first kappa shape index (κ1) is 13.3. The van der Waals surface area contributed by atoms with E-state index in [9.17, 15) is 4.79 Å². The van der Waals surface area contributed by atoms with Gasteiger partial charge in [0.05, 0.1) is 12.7 Å². The molecule has 2 aromatic rings. The maximum Gasteiger partial charge on any atom is 0.270 e. The highest BCUT2D eigenvalue weighted by molar-refractivity contribution is 9.10. The van der Waals surface area contributed by atoms with Crippen molar-refractivity contribution in [1.82, 2.24) is 9.78 Å². The van der Waals surface area contributed by atoms with Gasteiger partial charge in [-0.05, 0) is 22.0 Å². The van der Waals surface area contributed by atoms with Crippen LogP contribution in [0, 0.1) is 0 Å². The summed E-state index contributed by atoms with van der Waals surface area (Å²) in [6.07, 6.45) is 1.53. The number of nitrogens with two attached hydrogens (primary N) is 1.